The molecule has 0 N–H and O–H groups in total. The van der Waals surface area contributed by atoms with E-state index in [1.807, 2.05) is 62.4 Å². The number of hydrogen-bond donors (Lipinski definition) is 0. The first-order valence-corrected chi connectivity index (χ1v) is 9.07. The predicted octanol–water partition coefficient (Wildman–Crippen LogP) is 5.17. The van der Waals surface area contributed by atoms with Crippen LogP contribution < -0.4 is 0 Å². The summed E-state index contributed by atoms with van der Waals surface area (Å²) in [4.78, 5) is 12.5. The predicted molar refractivity (Wildman–Crippen MR) is 98.3 cm³/mol. The first kappa shape index (κ1) is 16.9. The molecule has 1 heterocycles. The number of rotatable bonds is 5. The summed E-state index contributed by atoms with van der Waals surface area (Å²) in [5, 5.41) is 8.17. The number of hydrogen-bond acceptors (Lipinski definition) is 5. The standard InChI is InChI=1S/C18H15BrN2O2S/c1-11-3-5-13(6-4-11)16(22)12(2)24-18-21-20-17(23-18)14-7-9-15(19)10-8-14/h3-10,12H,1-2H3. The molecule has 1 aromatic heterocycles. The molecule has 2 aromatic carbocycles. The maximum absolute atomic E-state index is 12.5. The monoisotopic (exact) mass is 402 g/mol. The maximum Gasteiger partial charge on any atom is 0.277 e. The Morgan fingerprint density at radius 3 is 2.42 bits per heavy atom. The lowest BCUT2D eigenvalue weighted by atomic mass is 10.1. The van der Waals surface area contributed by atoms with E-state index in [9.17, 15) is 4.79 Å². The first-order chi connectivity index (χ1) is 11.5. The van der Waals surface area contributed by atoms with Crippen LogP contribution in [0.15, 0.2) is 62.6 Å². The molecule has 0 aliphatic carbocycles. The van der Waals surface area contributed by atoms with Crippen LogP contribution in [-0.4, -0.2) is 21.2 Å². The van der Waals surface area contributed by atoms with Gasteiger partial charge in [0.2, 0.25) is 5.89 Å². The lowest BCUT2D eigenvalue weighted by Gasteiger charge is -2.07. The van der Waals surface area contributed by atoms with Gasteiger partial charge in [-0.05, 0) is 38.1 Å². The summed E-state index contributed by atoms with van der Waals surface area (Å²) in [6.45, 7) is 3.84. The zero-order valence-corrected chi connectivity index (χ0v) is 15.6. The SMILES string of the molecule is Cc1ccc(C(=O)C(C)Sc2nnc(-c3ccc(Br)cc3)o2)cc1. The smallest absolute Gasteiger partial charge is 0.277 e. The molecule has 1 unspecified atom stereocenters. The molecule has 0 bridgehead atoms. The number of Topliss-reactive ketones (excluding diaryl/α,β-unsaturated/α-hetero) is 1. The van der Waals surface area contributed by atoms with Crippen LogP contribution in [0.4, 0.5) is 0 Å². The Labute approximate surface area is 152 Å². The minimum atomic E-state index is -0.300. The van der Waals surface area contributed by atoms with Crippen molar-refractivity contribution < 1.29 is 9.21 Å². The highest BCUT2D eigenvalue weighted by atomic mass is 79.9. The van der Waals surface area contributed by atoms with Crippen LogP contribution in [-0.2, 0) is 0 Å². The fraction of sp³-hybridized carbons (Fsp3) is 0.167. The Balaban J connectivity index is 1.70. The first-order valence-electron chi connectivity index (χ1n) is 7.40. The van der Waals surface area contributed by atoms with Crippen molar-refractivity contribution in [2.24, 2.45) is 0 Å². The number of benzene rings is 2. The van der Waals surface area contributed by atoms with Crippen molar-refractivity contribution in [2.75, 3.05) is 0 Å². The van der Waals surface area contributed by atoms with Gasteiger partial charge in [0.05, 0.1) is 5.25 Å². The molecule has 1 atom stereocenters. The molecular weight excluding hydrogens is 388 g/mol. The summed E-state index contributed by atoms with van der Waals surface area (Å²) in [5.74, 6) is 0.489. The van der Waals surface area contributed by atoms with Crippen LogP contribution in [0.1, 0.15) is 22.8 Å². The number of aryl methyl sites for hydroxylation is 1. The van der Waals surface area contributed by atoms with Gasteiger partial charge in [0.15, 0.2) is 5.78 Å². The lowest BCUT2D eigenvalue weighted by molar-refractivity contribution is 0.0993. The van der Waals surface area contributed by atoms with Gasteiger partial charge in [-0.15, -0.1) is 10.2 Å². The molecule has 3 aromatic rings. The topological polar surface area (TPSA) is 56.0 Å². The number of aromatic nitrogens is 2. The van der Waals surface area contributed by atoms with Gasteiger partial charge in [-0.2, -0.15) is 0 Å². The number of carbonyl (C=O) groups excluding carboxylic acids is 1. The van der Waals surface area contributed by atoms with Gasteiger partial charge in [0.25, 0.3) is 5.22 Å². The summed E-state index contributed by atoms with van der Waals surface area (Å²) in [5.41, 5.74) is 2.66. The number of halogens is 1. The van der Waals surface area contributed by atoms with E-state index in [1.165, 1.54) is 11.8 Å². The van der Waals surface area contributed by atoms with Gasteiger partial charge >= 0.3 is 0 Å². The van der Waals surface area contributed by atoms with Crippen LogP contribution in [0.3, 0.4) is 0 Å². The van der Waals surface area contributed by atoms with Crippen LogP contribution >= 0.6 is 27.7 Å². The Hall–Kier alpha value is -1.92. The van der Waals surface area contributed by atoms with Gasteiger partial charge in [-0.1, -0.05) is 57.5 Å². The van der Waals surface area contributed by atoms with Crippen LogP contribution in [0.2, 0.25) is 0 Å². The summed E-state index contributed by atoms with van der Waals surface area (Å²) in [6, 6.07) is 15.2. The second kappa shape index (κ2) is 7.32. The highest BCUT2D eigenvalue weighted by molar-refractivity contribution is 9.10. The molecule has 0 fully saturated rings. The fourth-order valence-electron chi connectivity index (χ4n) is 2.12. The van der Waals surface area contributed by atoms with Crippen molar-refractivity contribution in [3.05, 3.63) is 64.1 Å². The number of ketones is 1. The molecular formula is C18H15BrN2O2S. The maximum atomic E-state index is 12.5. The molecule has 24 heavy (non-hydrogen) atoms. The molecule has 0 spiro atoms. The van der Waals surface area contributed by atoms with Crippen LogP contribution in [0.5, 0.6) is 0 Å². The van der Waals surface area contributed by atoms with Crippen LogP contribution in [0.25, 0.3) is 11.5 Å². The Morgan fingerprint density at radius 1 is 1.08 bits per heavy atom. The summed E-state index contributed by atoms with van der Waals surface area (Å²) in [6.07, 6.45) is 0. The third kappa shape index (κ3) is 3.94. The molecule has 3 rings (SSSR count). The average Bonchev–Trinajstić information content (AvgIpc) is 3.04. The number of nitrogens with zero attached hydrogens (tertiary/aromatic N) is 2. The second-order valence-electron chi connectivity index (χ2n) is 5.37. The summed E-state index contributed by atoms with van der Waals surface area (Å²) in [7, 11) is 0. The van der Waals surface area contributed by atoms with Gasteiger partial charge in [-0.3, -0.25) is 4.79 Å². The molecule has 0 aliphatic heterocycles. The van der Waals surface area contributed by atoms with Crippen molar-refractivity contribution >= 4 is 33.5 Å². The molecule has 0 amide bonds. The van der Waals surface area contributed by atoms with Crippen molar-refractivity contribution in [1.82, 2.24) is 10.2 Å². The van der Waals surface area contributed by atoms with Crippen LogP contribution in [0, 0.1) is 6.92 Å². The minimum Gasteiger partial charge on any atom is -0.411 e. The fourth-order valence-corrected chi connectivity index (χ4v) is 3.15. The van der Waals surface area contributed by atoms with Crippen molar-refractivity contribution in [3.8, 4) is 11.5 Å². The summed E-state index contributed by atoms with van der Waals surface area (Å²) < 4.78 is 6.64. The van der Waals surface area contributed by atoms with E-state index in [1.54, 1.807) is 0 Å². The normalized spacial score (nSPS) is 12.1. The molecule has 0 radical (unpaired) electrons. The third-order valence-electron chi connectivity index (χ3n) is 3.48. The zero-order valence-electron chi connectivity index (χ0n) is 13.2. The van der Waals surface area contributed by atoms with E-state index < -0.39 is 0 Å². The number of carbonyl (C=O) groups is 1. The number of thioether (sulfide) groups is 1. The van der Waals surface area contributed by atoms with E-state index in [-0.39, 0.29) is 11.0 Å². The molecule has 4 nitrogen and oxygen atoms in total. The lowest BCUT2D eigenvalue weighted by Crippen LogP contribution is -2.13. The Bertz CT molecular complexity index is 844. The molecule has 6 heteroatoms. The van der Waals surface area contributed by atoms with Crippen molar-refractivity contribution in [2.45, 2.75) is 24.3 Å². The molecule has 0 saturated carbocycles. The van der Waals surface area contributed by atoms with Gasteiger partial charge in [-0.25, -0.2) is 0 Å². The summed E-state index contributed by atoms with van der Waals surface area (Å²) >= 11 is 4.66. The van der Waals surface area contributed by atoms with E-state index in [4.69, 9.17) is 4.42 Å². The molecule has 0 aliphatic rings. The zero-order chi connectivity index (χ0) is 17.1. The van der Waals surface area contributed by atoms with Crippen molar-refractivity contribution in [1.29, 1.82) is 0 Å². The highest BCUT2D eigenvalue weighted by Crippen LogP contribution is 2.28. The largest absolute Gasteiger partial charge is 0.411 e. The highest BCUT2D eigenvalue weighted by Gasteiger charge is 2.20. The van der Waals surface area contributed by atoms with E-state index in [0.717, 1.165) is 15.6 Å². The Morgan fingerprint density at radius 2 is 1.75 bits per heavy atom. The molecule has 0 saturated heterocycles. The van der Waals surface area contributed by atoms with Gasteiger partial charge < -0.3 is 4.42 Å². The average molecular weight is 403 g/mol. The third-order valence-corrected chi connectivity index (χ3v) is 4.94. The minimum absolute atomic E-state index is 0.0448. The van der Waals surface area contributed by atoms with E-state index in [2.05, 4.69) is 26.1 Å². The van der Waals surface area contributed by atoms with Gasteiger partial charge in [0.1, 0.15) is 0 Å². The quantitative estimate of drug-likeness (QED) is 0.435. The van der Waals surface area contributed by atoms with Gasteiger partial charge in [0, 0.05) is 15.6 Å². The Kier molecular flexibility index (Phi) is 5.16. The second-order valence-corrected chi connectivity index (χ2v) is 7.58. The molecule has 122 valence electrons. The van der Waals surface area contributed by atoms with Crippen molar-refractivity contribution in [3.63, 3.8) is 0 Å². The van der Waals surface area contributed by atoms with E-state index in [0.29, 0.717) is 16.7 Å². The van der Waals surface area contributed by atoms with E-state index >= 15 is 0 Å².